The number of fused-ring (bicyclic) bond motifs is 2. The maximum absolute atomic E-state index is 12.8. The largest absolute Gasteiger partial charge is 0.463 e. The molecule has 1 N–H and O–H groups in total. The number of anilines is 1. The van der Waals surface area contributed by atoms with Gasteiger partial charge in [-0.2, -0.15) is 0 Å². The smallest absolute Gasteiger partial charge is 0.264 e. The Labute approximate surface area is 146 Å². The van der Waals surface area contributed by atoms with Gasteiger partial charge in [-0.25, -0.2) is 8.42 Å². The van der Waals surface area contributed by atoms with Crippen LogP contribution in [0.25, 0.3) is 21.9 Å². The monoisotopic (exact) mass is 402 g/mol. The first-order valence-corrected chi connectivity index (χ1v) is 9.35. The van der Waals surface area contributed by atoms with E-state index in [1.165, 1.54) is 0 Å². The van der Waals surface area contributed by atoms with E-state index in [0.29, 0.717) is 16.8 Å². The molecule has 0 aliphatic carbocycles. The molecule has 7 heteroatoms. The topological polar surface area (TPSA) is 72.2 Å². The van der Waals surface area contributed by atoms with Crippen LogP contribution in [0, 0.1) is 0 Å². The summed E-state index contributed by atoms with van der Waals surface area (Å²) in [6.45, 7) is 0. The Morgan fingerprint density at radius 3 is 2.79 bits per heavy atom. The molecule has 0 aliphatic rings. The van der Waals surface area contributed by atoms with Crippen LogP contribution in [-0.2, 0) is 10.0 Å². The summed E-state index contributed by atoms with van der Waals surface area (Å²) in [5.74, 6) is 0. The zero-order chi connectivity index (χ0) is 16.7. The number of para-hydroxylation sites is 1. The number of furan rings is 1. The number of hydrogen-bond acceptors (Lipinski definition) is 4. The summed E-state index contributed by atoms with van der Waals surface area (Å²) in [7, 11) is -3.77. The predicted octanol–water partition coefficient (Wildman–Crippen LogP) is 4.54. The number of pyridine rings is 1. The Morgan fingerprint density at radius 2 is 1.92 bits per heavy atom. The molecular weight excluding hydrogens is 392 g/mol. The summed E-state index contributed by atoms with van der Waals surface area (Å²) >= 11 is 3.38. The molecule has 0 radical (unpaired) electrons. The molecule has 2 heterocycles. The van der Waals surface area contributed by atoms with Gasteiger partial charge >= 0.3 is 0 Å². The lowest BCUT2D eigenvalue weighted by Gasteiger charge is -2.10. The standard InChI is InChI=1S/C17H11BrN2O3S/c18-14-10-23-15-9-12(6-7-13(14)15)20-24(21,22)16-5-1-3-11-4-2-8-19-17(11)16/h1-10,20H. The third kappa shape index (κ3) is 2.55. The molecular formula is C17H11BrN2O3S. The summed E-state index contributed by atoms with van der Waals surface area (Å²) in [5, 5.41) is 1.65. The van der Waals surface area contributed by atoms with Crippen LogP contribution in [0.5, 0.6) is 0 Å². The highest BCUT2D eigenvalue weighted by molar-refractivity contribution is 9.10. The van der Waals surface area contributed by atoms with E-state index < -0.39 is 10.0 Å². The van der Waals surface area contributed by atoms with Gasteiger partial charge in [-0.3, -0.25) is 9.71 Å². The molecule has 0 atom stereocenters. The molecule has 2 aromatic carbocycles. The number of hydrogen-bond donors (Lipinski definition) is 1. The summed E-state index contributed by atoms with van der Waals surface area (Å²) in [4.78, 5) is 4.34. The summed E-state index contributed by atoms with van der Waals surface area (Å²) in [6.07, 6.45) is 3.14. The lowest BCUT2D eigenvalue weighted by molar-refractivity contribution is 0.602. The van der Waals surface area contributed by atoms with Gasteiger partial charge in [0, 0.05) is 23.0 Å². The van der Waals surface area contributed by atoms with E-state index in [-0.39, 0.29) is 4.90 Å². The molecule has 0 fully saturated rings. The Kier molecular flexibility index (Phi) is 3.54. The number of benzene rings is 2. The van der Waals surface area contributed by atoms with Crippen molar-refractivity contribution in [3.8, 4) is 0 Å². The second kappa shape index (κ2) is 5.61. The molecule has 4 rings (SSSR count). The van der Waals surface area contributed by atoms with Crippen molar-refractivity contribution in [1.82, 2.24) is 4.98 Å². The van der Waals surface area contributed by atoms with Crippen LogP contribution in [0.3, 0.4) is 0 Å². The van der Waals surface area contributed by atoms with Gasteiger partial charge < -0.3 is 4.42 Å². The Balaban J connectivity index is 1.78. The molecule has 4 aromatic rings. The van der Waals surface area contributed by atoms with Crippen LogP contribution in [0.4, 0.5) is 5.69 Å². The number of aromatic nitrogens is 1. The van der Waals surface area contributed by atoms with E-state index in [1.54, 1.807) is 48.9 Å². The highest BCUT2D eigenvalue weighted by atomic mass is 79.9. The highest BCUT2D eigenvalue weighted by Gasteiger charge is 2.18. The average Bonchev–Trinajstić information content (AvgIpc) is 2.94. The second-order valence-electron chi connectivity index (χ2n) is 5.23. The van der Waals surface area contributed by atoms with E-state index in [9.17, 15) is 8.42 Å². The molecule has 0 spiro atoms. The zero-order valence-corrected chi connectivity index (χ0v) is 14.6. The third-order valence-corrected chi connectivity index (χ3v) is 5.69. The molecule has 120 valence electrons. The van der Waals surface area contributed by atoms with Crippen molar-refractivity contribution in [2.24, 2.45) is 0 Å². The normalized spacial score (nSPS) is 11.9. The minimum absolute atomic E-state index is 0.140. The van der Waals surface area contributed by atoms with Crippen LogP contribution in [0.2, 0.25) is 0 Å². The molecule has 0 aliphatic heterocycles. The highest BCUT2D eigenvalue weighted by Crippen LogP contribution is 2.29. The molecule has 0 saturated heterocycles. The maximum atomic E-state index is 12.8. The molecule has 5 nitrogen and oxygen atoms in total. The lowest BCUT2D eigenvalue weighted by atomic mass is 10.2. The average molecular weight is 403 g/mol. The van der Waals surface area contributed by atoms with Crippen molar-refractivity contribution in [2.45, 2.75) is 4.90 Å². The van der Waals surface area contributed by atoms with Gasteiger partial charge in [0.25, 0.3) is 10.0 Å². The summed E-state index contributed by atoms with van der Waals surface area (Å²) in [5.41, 5.74) is 1.46. The van der Waals surface area contributed by atoms with Crippen LogP contribution in [-0.4, -0.2) is 13.4 Å². The van der Waals surface area contributed by atoms with Crippen molar-refractivity contribution in [3.63, 3.8) is 0 Å². The predicted molar refractivity (Wildman–Crippen MR) is 96.5 cm³/mol. The number of halogens is 1. The fraction of sp³-hybridized carbons (Fsp3) is 0. The van der Waals surface area contributed by atoms with Gasteiger partial charge in [-0.15, -0.1) is 0 Å². The van der Waals surface area contributed by atoms with Crippen molar-refractivity contribution in [3.05, 3.63) is 65.5 Å². The second-order valence-corrected chi connectivity index (χ2v) is 7.74. The van der Waals surface area contributed by atoms with E-state index in [2.05, 4.69) is 25.6 Å². The first-order chi connectivity index (χ1) is 11.5. The van der Waals surface area contributed by atoms with Gasteiger partial charge in [0.15, 0.2) is 0 Å². The van der Waals surface area contributed by atoms with Crippen LogP contribution in [0.15, 0.2) is 74.8 Å². The Hall–Kier alpha value is -2.38. The zero-order valence-electron chi connectivity index (χ0n) is 12.2. The molecule has 0 unspecified atom stereocenters. The number of rotatable bonds is 3. The number of nitrogens with one attached hydrogen (secondary N) is 1. The Morgan fingerprint density at radius 1 is 1.08 bits per heavy atom. The minimum atomic E-state index is -3.77. The van der Waals surface area contributed by atoms with Gasteiger partial charge in [0.1, 0.15) is 16.7 Å². The van der Waals surface area contributed by atoms with E-state index in [1.807, 2.05) is 12.1 Å². The first-order valence-electron chi connectivity index (χ1n) is 7.08. The quantitative estimate of drug-likeness (QED) is 0.545. The summed E-state index contributed by atoms with van der Waals surface area (Å²) < 4.78 is 34.3. The molecule has 2 aromatic heterocycles. The first kappa shape index (κ1) is 15.2. The lowest BCUT2D eigenvalue weighted by Crippen LogP contribution is -2.13. The number of nitrogens with zero attached hydrogens (tertiary/aromatic N) is 1. The number of sulfonamides is 1. The van der Waals surface area contributed by atoms with E-state index >= 15 is 0 Å². The molecule has 24 heavy (non-hydrogen) atoms. The fourth-order valence-electron chi connectivity index (χ4n) is 2.56. The van der Waals surface area contributed by atoms with E-state index in [4.69, 9.17) is 4.42 Å². The van der Waals surface area contributed by atoms with Gasteiger partial charge in [-0.05, 0) is 40.2 Å². The third-order valence-electron chi connectivity index (χ3n) is 3.67. The van der Waals surface area contributed by atoms with Crippen molar-refractivity contribution in [2.75, 3.05) is 4.72 Å². The van der Waals surface area contributed by atoms with E-state index in [0.717, 1.165) is 15.2 Å². The van der Waals surface area contributed by atoms with Crippen LogP contribution >= 0.6 is 15.9 Å². The van der Waals surface area contributed by atoms with Gasteiger partial charge in [-0.1, -0.05) is 18.2 Å². The van der Waals surface area contributed by atoms with Gasteiger partial charge in [0.05, 0.1) is 15.7 Å². The molecule has 0 bridgehead atoms. The van der Waals surface area contributed by atoms with Crippen molar-refractivity contribution >= 4 is 53.5 Å². The molecule has 0 amide bonds. The summed E-state index contributed by atoms with van der Waals surface area (Å²) in [6, 6.07) is 13.8. The SMILES string of the molecule is O=S(=O)(Nc1ccc2c(Br)coc2c1)c1cccc2cccnc12. The maximum Gasteiger partial charge on any atom is 0.264 e. The Bertz CT molecular complexity index is 1160. The van der Waals surface area contributed by atoms with Gasteiger partial charge in [0.2, 0.25) is 0 Å². The minimum Gasteiger partial charge on any atom is -0.463 e. The van der Waals surface area contributed by atoms with Crippen LogP contribution in [0.1, 0.15) is 0 Å². The van der Waals surface area contributed by atoms with Crippen LogP contribution < -0.4 is 4.72 Å². The van der Waals surface area contributed by atoms with Crippen molar-refractivity contribution < 1.29 is 12.8 Å². The van der Waals surface area contributed by atoms with Crippen molar-refractivity contribution in [1.29, 1.82) is 0 Å². The molecule has 0 saturated carbocycles. The fourth-order valence-corrected chi connectivity index (χ4v) is 4.21.